The van der Waals surface area contributed by atoms with Gasteiger partial charge in [0.2, 0.25) is 6.71 Å². The minimum atomic E-state index is 0.0586. The Morgan fingerprint density at radius 3 is 1.46 bits per heavy atom. The van der Waals surface area contributed by atoms with Gasteiger partial charge < -0.3 is 14.7 Å². The van der Waals surface area contributed by atoms with E-state index in [4.69, 9.17) is 0 Å². The molecule has 0 aromatic heterocycles. The molecule has 282 valence electrons. The first-order chi connectivity index (χ1) is 29.2. The zero-order chi connectivity index (χ0) is 39.7. The van der Waals surface area contributed by atoms with Crippen LogP contribution < -0.4 is 25.6 Å². The van der Waals surface area contributed by atoms with E-state index in [2.05, 4.69) is 247 Å². The van der Waals surface area contributed by atoms with Crippen LogP contribution in [0.3, 0.4) is 0 Å². The molecule has 0 unspecified atom stereocenters. The normalized spacial score (nSPS) is 13.1. The van der Waals surface area contributed by atoms with Crippen molar-refractivity contribution >= 4 is 63.1 Å². The molecule has 2 aliphatic heterocycles. The van der Waals surface area contributed by atoms with Gasteiger partial charge in [-0.05, 0) is 125 Å². The molecule has 0 radical (unpaired) electrons. The van der Waals surface area contributed by atoms with Crippen LogP contribution in [0.2, 0.25) is 0 Å². The van der Waals surface area contributed by atoms with E-state index in [1.807, 2.05) is 0 Å². The van der Waals surface area contributed by atoms with Crippen molar-refractivity contribution in [3.8, 4) is 22.3 Å². The van der Waals surface area contributed by atoms with Crippen LogP contribution in [0, 0.1) is 0 Å². The van der Waals surface area contributed by atoms with Crippen LogP contribution in [-0.4, -0.2) is 6.71 Å². The van der Waals surface area contributed by atoms with Crippen molar-refractivity contribution in [2.24, 2.45) is 0 Å². The van der Waals surface area contributed by atoms with E-state index < -0.39 is 0 Å². The van der Waals surface area contributed by atoms with Crippen molar-refractivity contribution in [2.75, 3.05) is 14.7 Å². The first kappa shape index (κ1) is 36.1. The fourth-order valence-electron chi connectivity index (χ4n) is 8.99. The van der Waals surface area contributed by atoms with Gasteiger partial charge in [-0.1, -0.05) is 152 Å². The lowest BCUT2D eigenvalue weighted by Gasteiger charge is -2.44. The third-order valence-electron chi connectivity index (χ3n) is 11.7. The van der Waals surface area contributed by atoms with Crippen LogP contribution in [0.1, 0.15) is 20.3 Å². The van der Waals surface area contributed by atoms with Gasteiger partial charge in [-0.2, -0.15) is 0 Å². The van der Waals surface area contributed by atoms with Crippen LogP contribution in [0.25, 0.3) is 22.3 Å². The standard InChI is InChI=1S/C55H44BN3/c1-3-4-26-51-40(2)56-50-38-37-49(57(45-22-13-7-14-23-45)46-24-15-8-16-25-46)39-54(50)59(48-35-31-44(32-36-48)42-20-11-6-12-21-42)53-28-17-27-52(55(53)56)58(51)47-33-29-43(30-34-47)41-18-9-5-10-19-41/h4-39H,3H2,1-2H3/b26-4-. The first-order valence-corrected chi connectivity index (χ1v) is 20.6. The van der Waals surface area contributed by atoms with Gasteiger partial charge in [-0.25, -0.2) is 0 Å². The Bertz CT molecular complexity index is 2760. The summed E-state index contributed by atoms with van der Waals surface area (Å²) in [4.78, 5) is 7.34. The molecule has 0 saturated heterocycles. The Morgan fingerprint density at radius 2 is 0.932 bits per heavy atom. The third-order valence-corrected chi connectivity index (χ3v) is 11.7. The summed E-state index contributed by atoms with van der Waals surface area (Å²) >= 11 is 0. The van der Waals surface area contributed by atoms with Gasteiger partial charge in [0.05, 0.1) is 0 Å². The van der Waals surface area contributed by atoms with Gasteiger partial charge in [0.25, 0.3) is 0 Å². The van der Waals surface area contributed by atoms with Gasteiger partial charge in [0.15, 0.2) is 0 Å². The molecule has 0 amide bonds. The van der Waals surface area contributed by atoms with E-state index in [9.17, 15) is 0 Å². The average molecular weight is 758 g/mol. The van der Waals surface area contributed by atoms with Crippen LogP contribution in [0.4, 0.5) is 45.5 Å². The Balaban J connectivity index is 1.19. The van der Waals surface area contributed by atoms with Crippen molar-refractivity contribution in [3.05, 3.63) is 230 Å². The molecule has 0 saturated carbocycles. The van der Waals surface area contributed by atoms with Crippen LogP contribution in [0.5, 0.6) is 0 Å². The van der Waals surface area contributed by atoms with E-state index in [-0.39, 0.29) is 6.71 Å². The molecule has 8 aromatic rings. The van der Waals surface area contributed by atoms with Gasteiger partial charge in [-0.3, -0.25) is 0 Å². The molecule has 8 aromatic carbocycles. The molecule has 2 aliphatic rings. The molecule has 2 heterocycles. The summed E-state index contributed by atoms with van der Waals surface area (Å²) in [6, 6.07) is 74.8. The third kappa shape index (κ3) is 6.53. The molecule has 4 heteroatoms. The van der Waals surface area contributed by atoms with Crippen molar-refractivity contribution < 1.29 is 0 Å². The molecule has 0 spiro atoms. The minimum Gasteiger partial charge on any atom is -0.312 e. The van der Waals surface area contributed by atoms with Crippen LogP contribution in [0.15, 0.2) is 230 Å². The van der Waals surface area contributed by atoms with E-state index >= 15 is 0 Å². The van der Waals surface area contributed by atoms with Crippen molar-refractivity contribution in [2.45, 2.75) is 20.3 Å². The Kier molecular flexibility index (Phi) is 9.52. The molecule has 59 heavy (non-hydrogen) atoms. The van der Waals surface area contributed by atoms with Crippen LogP contribution in [-0.2, 0) is 0 Å². The quantitative estimate of drug-likeness (QED) is 0.136. The topological polar surface area (TPSA) is 9.72 Å². The fraction of sp³-hybridized carbons (Fsp3) is 0.0545. The second-order valence-electron chi connectivity index (χ2n) is 15.3. The zero-order valence-corrected chi connectivity index (χ0v) is 33.4. The monoisotopic (exact) mass is 757 g/mol. The number of para-hydroxylation sites is 2. The smallest absolute Gasteiger partial charge is 0.247 e. The molecular weight excluding hydrogens is 713 g/mol. The lowest BCUT2D eigenvalue weighted by Crippen LogP contribution is -2.55. The number of hydrogen-bond acceptors (Lipinski definition) is 3. The predicted molar refractivity (Wildman–Crippen MR) is 252 cm³/mol. The summed E-state index contributed by atoms with van der Waals surface area (Å²) in [5.41, 5.74) is 19.2. The Morgan fingerprint density at radius 1 is 0.458 bits per heavy atom. The molecule has 10 rings (SSSR count). The lowest BCUT2D eigenvalue weighted by atomic mass is 9.33. The first-order valence-electron chi connectivity index (χ1n) is 20.6. The maximum Gasteiger partial charge on any atom is 0.247 e. The van der Waals surface area contributed by atoms with Gasteiger partial charge in [-0.15, -0.1) is 0 Å². The number of fused-ring (bicyclic) bond motifs is 2. The highest BCUT2D eigenvalue weighted by Gasteiger charge is 2.42. The summed E-state index contributed by atoms with van der Waals surface area (Å²) in [5.74, 6) is 0. The second kappa shape index (κ2) is 15.6. The maximum atomic E-state index is 2.49. The van der Waals surface area contributed by atoms with Crippen molar-refractivity contribution in [1.29, 1.82) is 0 Å². The summed E-state index contributed by atoms with van der Waals surface area (Å²) in [5, 5.41) is 0. The molecule has 3 nitrogen and oxygen atoms in total. The Labute approximate surface area is 348 Å². The molecule has 0 bridgehead atoms. The van der Waals surface area contributed by atoms with E-state index in [0.29, 0.717) is 0 Å². The summed E-state index contributed by atoms with van der Waals surface area (Å²) < 4.78 is 0. The predicted octanol–water partition coefficient (Wildman–Crippen LogP) is 13.8. The van der Waals surface area contributed by atoms with Gasteiger partial charge >= 0.3 is 0 Å². The molecular formula is C55H44BN3. The van der Waals surface area contributed by atoms with Gasteiger partial charge in [0.1, 0.15) is 0 Å². The Hall–Kier alpha value is -7.30. The van der Waals surface area contributed by atoms with Crippen molar-refractivity contribution in [3.63, 3.8) is 0 Å². The second-order valence-corrected chi connectivity index (χ2v) is 15.3. The summed E-state index contributed by atoms with van der Waals surface area (Å²) in [6.07, 6.45) is 5.59. The van der Waals surface area contributed by atoms with E-state index in [0.717, 1.165) is 34.9 Å². The maximum absolute atomic E-state index is 2.49. The lowest BCUT2D eigenvalue weighted by molar-refractivity contribution is 1.15. The summed E-state index contributed by atoms with van der Waals surface area (Å²) in [6.45, 7) is 4.61. The fourth-order valence-corrected chi connectivity index (χ4v) is 8.99. The largest absolute Gasteiger partial charge is 0.312 e. The highest BCUT2D eigenvalue weighted by atomic mass is 15.2. The molecule has 0 fully saturated rings. The van der Waals surface area contributed by atoms with Crippen molar-refractivity contribution in [1.82, 2.24) is 0 Å². The number of nitrogens with zero attached hydrogens (tertiary/aromatic N) is 3. The number of hydrogen-bond donors (Lipinski definition) is 0. The highest BCUT2D eigenvalue weighted by molar-refractivity contribution is 6.95. The number of anilines is 8. The average Bonchev–Trinajstić information content (AvgIpc) is 3.31. The number of benzene rings is 8. The minimum absolute atomic E-state index is 0.0586. The highest BCUT2D eigenvalue weighted by Crippen LogP contribution is 2.46. The summed E-state index contributed by atoms with van der Waals surface area (Å²) in [7, 11) is 0. The molecule has 0 atom stereocenters. The zero-order valence-electron chi connectivity index (χ0n) is 33.4. The molecule has 0 N–H and O–H groups in total. The molecule has 0 aliphatic carbocycles. The SMILES string of the molecule is CC/C=C\C1=C(C)B2c3ccc(N(c4ccccc4)c4ccccc4)cc3N(c3ccc(-c4ccccc4)cc3)c3cccc(c32)N1c1ccc(-c2ccccc2)cc1. The number of allylic oxidation sites excluding steroid dienone is 3. The number of rotatable bonds is 9. The van der Waals surface area contributed by atoms with Gasteiger partial charge in [0, 0.05) is 51.2 Å². The van der Waals surface area contributed by atoms with Crippen LogP contribution >= 0.6 is 0 Å². The van der Waals surface area contributed by atoms with E-state index in [1.165, 1.54) is 61.4 Å². The van der Waals surface area contributed by atoms with E-state index in [1.54, 1.807) is 0 Å².